The molecule has 1 heterocycles. The molecule has 1 amide bonds. The fourth-order valence-corrected chi connectivity index (χ4v) is 8.92. The quantitative estimate of drug-likeness (QED) is 0.489. The molecular weight excluding hydrogens is 360 g/mol. The topological polar surface area (TPSA) is 46.3 Å². The average molecular weight is 397 g/mol. The van der Waals surface area contributed by atoms with Crippen LogP contribution in [-0.4, -0.2) is 46.5 Å². The smallest absolute Gasteiger partial charge is 0.229 e. The molecule has 0 aromatic heterocycles. The Morgan fingerprint density at radius 1 is 1.04 bits per heavy atom. The van der Waals surface area contributed by atoms with Gasteiger partial charge >= 0.3 is 0 Å². The highest BCUT2D eigenvalue weighted by Crippen LogP contribution is 2.60. The number of hydrogen-bond donors (Lipinski definition) is 1. The molecule has 1 unspecified atom stereocenters. The lowest BCUT2D eigenvalue weighted by Gasteiger charge is -2.57. The lowest BCUT2D eigenvalue weighted by atomic mass is 9.49. The Kier molecular flexibility index (Phi) is 6.47. The highest BCUT2D eigenvalue weighted by atomic mass is 32.2. The largest absolute Gasteiger partial charge is 0.338 e. The van der Waals surface area contributed by atoms with Crippen LogP contribution < -0.4 is 5.73 Å². The van der Waals surface area contributed by atoms with Gasteiger partial charge in [-0.15, -0.1) is 11.8 Å². The van der Waals surface area contributed by atoms with Gasteiger partial charge in [0.1, 0.15) is 0 Å². The Hall–Kier alpha value is 0.130. The van der Waals surface area contributed by atoms with Crippen molar-refractivity contribution in [2.45, 2.75) is 70.3 Å². The molecule has 4 saturated carbocycles. The van der Waals surface area contributed by atoms with Crippen molar-refractivity contribution in [3.05, 3.63) is 0 Å². The Morgan fingerprint density at radius 2 is 1.73 bits per heavy atom. The number of nitrogens with zero attached hydrogens (tertiary/aromatic N) is 1. The minimum atomic E-state index is 0.0465. The van der Waals surface area contributed by atoms with E-state index in [9.17, 15) is 4.79 Å². The predicted molar refractivity (Wildman–Crippen MR) is 113 cm³/mol. The van der Waals surface area contributed by atoms with E-state index in [1.54, 1.807) is 0 Å². The molecule has 2 N–H and O–H groups in total. The predicted octanol–water partition coefficient (Wildman–Crippen LogP) is 4.36. The summed E-state index contributed by atoms with van der Waals surface area (Å²) >= 11 is 4.04. The molecule has 0 radical (unpaired) electrons. The summed E-state index contributed by atoms with van der Waals surface area (Å²) in [5.41, 5.74) is 5.62. The monoisotopic (exact) mass is 396 g/mol. The molecule has 1 saturated heterocycles. The van der Waals surface area contributed by atoms with Gasteiger partial charge in [-0.2, -0.15) is 11.8 Å². The molecule has 0 aromatic rings. The van der Waals surface area contributed by atoms with Gasteiger partial charge in [-0.25, -0.2) is 0 Å². The van der Waals surface area contributed by atoms with E-state index in [2.05, 4.69) is 4.90 Å². The van der Waals surface area contributed by atoms with Crippen molar-refractivity contribution in [2.24, 2.45) is 28.9 Å². The van der Waals surface area contributed by atoms with E-state index in [1.165, 1.54) is 63.5 Å². The molecule has 26 heavy (non-hydrogen) atoms. The van der Waals surface area contributed by atoms with Crippen LogP contribution in [0, 0.1) is 23.2 Å². The van der Waals surface area contributed by atoms with Gasteiger partial charge in [0.05, 0.1) is 5.41 Å². The molecule has 5 aliphatic rings. The summed E-state index contributed by atoms with van der Waals surface area (Å²) in [4.78, 5) is 16.1. The molecule has 3 nitrogen and oxygen atoms in total. The first-order valence-corrected chi connectivity index (χ1v) is 13.2. The molecule has 4 bridgehead atoms. The number of hydrogen-bond acceptors (Lipinski definition) is 4. The molecule has 1 aliphatic heterocycles. The summed E-state index contributed by atoms with van der Waals surface area (Å²) < 4.78 is 0. The zero-order chi connectivity index (χ0) is 18.0. The van der Waals surface area contributed by atoms with Crippen molar-refractivity contribution in [1.29, 1.82) is 0 Å². The van der Waals surface area contributed by atoms with Crippen molar-refractivity contribution in [3.8, 4) is 0 Å². The standard InChI is InChI=1S/C21H36N2OS2/c22-5-3-7-25-15-26-14-19-4-1-2-6-23(19)20(24)21-11-16-8-17(12-21)10-18(9-16)13-21/h16-19H,1-15,22H2. The summed E-state index contributed by atoms with van der Waals surface area (Å²) in [5.74, 6) is 5.46. The second-order valence-electron chi connectivity index (χ2n) is 9.39. The maximum absolute atomic E-state index is 13.7. The van der Waals surface area contributed by atoms with Crippen LogP contribution in [0.25, 0.3) is 0 Å². The number of carbonyl (C=O) groups excluding carboxylic acids is 1. The lowest BCUT2D eigenvalue weighted by Crippen LogP contribution is -2.57. The van der Waals surface area contributed by atoms with Crippen molar-refractivity contribution in [1.82, 2.24) is 4.90 Å². The van der Waals surface area contributed by atoms with Crippen LogP contribution in [0.4, 0.5) is 0 Å². The van der Waals surface area contributed by atoms with Crippen molar-refractivity contribution in [3.63, 3.8) is 0 Å². The maximum atomic E-state index is 13.7. The average Bonchev–Trinajstić information content (AvgIpc) is 2.63. The molecule has 5 rings (SSSR count). The van der Waals surface area contributed by atoms with Gasteiger partial charge in [0.25, 0.3) is 0 Å². The third-order valence-corrected chi connectivity index (χ3v) is 9.88. The Bertz CT molecular complexity index is 463. The molecule has 148 valence electrons. The second-order valence-corrected chi connectivity index (χ2v) is 11.9. The number of piperidine rings is 1. The third-order valence-electron chi connectivity index (χ3n) is 7.35. The number of carbonyl (C=O) groups is 1. The fourth-order valence-electron chi connectivity index (χ4n) is 6.61. The minimum absolute atomic E-state index is 0.0465. The maximum Gasteiger partial charge on any atom is 0.229 e. The third kappa shape index (κ3) is 4.10. The molecule has 0 aromatic carbocycles. The minimum Gasteiger partial charge on any atom is -0.338 e. The van der Waals surface area contributed by atoms with E-state index in [-0.39, 0.29) is 5.41 Å². The number of nitrogens with two attached hydrogens (primary N) is 1. The van der Waals surface area contributed by atoms with Crippen molar-refractivity contribution < 1.29 is 4.79 Å². The summed E-state index contributed by atoms with van der Waals surface area (Å²) in [6.45, 7) is 1.82. The van der Waals surface area contributed by atoms with E-state index in [1.807, 2.05) is 23.5 Å². The van der Waals surface area contributed by atoms with Gasteiger partial charge < -0.3 is 10.6 Å². The van der Waals surface area contributed by atoms with E-state index in [0.717, 1.165) is 48.1 Å². The molecule has 5 fully saturated rings. The summed E-state index contributed by atoms with van der Waals surface area (Å²) in [7, 11) is 0. The Balaban J connectivity index is 1.34. The van der Waals surface area contributed by atoms with Crippen molar-refractivity contribution in [2.75, 3.05) is 29.7 Å². The van der Waals surface area contributed by atoms with Gasteiger partial charge in [-0.3, -0.25) is 4.79 Å². The van der Waals surface area contributed by atoms with Gasteiger partial charge in [0, 0.05) is 23.4 Å². The molecule has 1 atom stereocenters. The van der Waals surface area contributed by atoms with E-state index in [4.69, 9.17) is 5.73 Å². The van der Waals surface area contributed by atoms with Gasteiger partial charge in [-0.05, 0) is 94.3 Å². The first-order valence-electron chi connectivity index (χ1n) is 10.9. The van der Waals surface area contributed by atoms with Gasteiger partial charge in [0.2, 0.25) is 5.91 Å². The van der Waals surface area contributed by atoms with Crippen LogP contribution in [0.5, 0.6) is 0 Å². The van der Waals surface area contributed by atoms with Gasteiger partial charge in [0.15, 0.2) is 0 Å². The van der Waals surface area contributed by atoms with Crippen molar-refractivity contribution >= 4 is 29.4 Å². The van der Waals surface area contributed by atoms with E-state index >= 15 is 0 Å². The van der Waals surface area contributed by atoms with E-state index < -0.39 is 0 Å². The van der Waals surface area contributed by atoms with E-state index in [0.29, 0.717) is 11.9 Å². The van der Waals surface area contributed by atoms with Crippen LogP contribution in [0.2, 0.25) is 0 Å². The summed E-state index contributed by atoms with van der Waals surface area (Å²) in [6, 6.07) is 0.490. The molecule has 5 heteroatoms. The first kappa shape index (κ1) is 19.4. The highest BCUT2D eigenvalue weighted by Gasteiger charge is 2.56. The zero-order valence-corrected chi connectivity index (χ0v) is 17.8. The molecule has 4 aliphatic carbocycles. The number of thioether (sulfide) groups is 2. The zero-order valence-electron chi connectivity index (χ0n) is 16.2. The Morgan fingerprint density at radius 3 is 2.38 bits per heavy atom. The van der Waals surface area contributed by atoms with Gasteiger partial charge in [-0.1, -0.05) is 0 Å². The molecule has 0 spiro atoms. The van der Waals surface area contributed by atoms with Crippen LogP contribution in [-0.2, 0) is 4.79 Å². The Labute approximate surface area is 168 Å². The van der Waals surface area contributed by atoms with Crippen LogP contribution in [0.3, 0.4) is 0 Å². The van der Waals surface area contributed by atoms with Crippen LogP contribution in [0.1, 0.15) is 64.2 Å². The number of rotatable bonds is 8. The van der Waals surface area contributed by atoms with Crippen LogP contribution in [0.15, 0.2) is 0 Å². The summed E-state index contributed by atoms with van der Waals surface area (Å²) in [6.07, 6.45) is 12.8. The SMILES string of the molecule is NCCCSCSCC1CCCCN1C(=O)C12CC3CC(CC(C3)C1)C2. The number of likely N-dealkylation sites (tertiary alicyclic amines) is 1. The molecular formula is C21H36N2OS2. The first-order chi connectivity index (χ1) is 12.7. The lowest BCUT2D eigenvalue weighted by molar-refractivity contribution is -0.160. The highest BCUT2D eigenvalue weighted by molar-refractivity contribution is 8.15. The number of amides is 1. The normalized spacial score (nSPS) is 38.7. The fraction of sp³-hybridized carbons (Fsp3) is 0.952. The van der Waals surface area contributed by atoms with Crippen LogP contribution >= 0.6 is 23.5 Å². The summed E-state index contributed by atoms with van der Waals surface area (Å²) in [5, 5.41) is 1.15. The second kappa shape index (κ2) is 8.65.